The van der Waals surface area contributed by atoms with Gasteiger partial charge in [0.05, 0.1) is 16.7 Å². The Bertz CT molecular complexity index is 3410. The third-order valence-corrected chi connectivity index (χ3v) is 12.5. The van der Waals surface area contributed by atoms with Gasteiger partial charge in [-0.15, -0.1) is 29.7 Å². The molecule has 6 heteroatoms. The number of aromatic nitrogens is 4. The van der Waals surface area contributed by atoms with Crippen LogP contribution in [0.1, 0.15) is 32.3 Å². The molecule has 0 fully saturated rings. The predicted molar refractivity (Wildman–Crippen MR) is 260 cm³/mol. The van der Waals surface area contributed by atoms with Crippen LogP contribution in [0.3, 0.4) is 0 Å². The van der Waals surface area contributed by atoms with E-state index < -0.39 is 0 Å². The van der Waals surface area contributed by atoms with Gasteiger partial charge in [0.2, 0.25) is 0 Å². The van der Waals surface area contributed by atoms with Gasteiger partial charge in [0, 0.05) is 49.8 Å². The maximum atomic E-state index is 6.68. The van der Waals surface area contributed by atoms with E-state index in [0.29, 0.717) is 23.3 Å². The molecule has 0 N–H and O–H groups in total. The summed E-state index contributed by atoms with van der Waals surface area (Å²) in [6, 6.07) is 74.8. The van der Waals surface area contributed by atoms with Crippen LogP contribution in [0.15, 0.2) is 200 Å². The molecule has 318 valence electrons. The van der Waals surface area contributed by atoms with Crippen LogP contribution in [-0.2, 0) is 21.1 Å². The molecular formula is C59H44N4OPt-2. The first-order chi connectivity index (χ1) is 31.5. The van der Waals surface area contributed by atoms with E-state index in [4.69, 9.17) is 9.72 Å². The van der Waals surface area contributed by atoms with Crippen molar-refractivity contribution in [1.82, 2.24) is 14.1 Å². The number of hydrogen-bond acceptors (Lipinski definition) is 2. The van der Waals surface area contributed by atoms with E-state index in [9.17, 15) is 0 Å². The van der Waals surface area contributed by atoms with Crippen molar-refractivity contribution in [1.29, 1.82) is 0 Å². The van der Waals surface area contributed by atoms with Gasteiger partial charge < -0.3 is 13.9 Å². The van der Waals surface area contributed by atoms with Crippen molar-refractivity contribution in [3.63, 3.8) is 0 Å². The smallest absolute Gasteiger partial charge is 0.268 e. The fourth-order valence-corrected chi connectivity index (χ4v) is 8.98. The minimum Gasteiger partial charge on any atom is -0.510 e. The molecule has 3 heterocycles. The van der Waals surface area contributed by atoms with Crippen LogP contribution in [0.4, 0.5) is 0 Å². The van der Waals surface area contributed by atoms with Crippen LogP contribution in [-0.4, -0.2) is 14.1 Å². The van der Waals surface area contributed by atoms with Crippen molar-refractivity contribution in [3.8, 4) is 62.1 Å². The second-order valence-corrected chi connectivity index (χ2v) is 16.7. The average molecular weight is 1020 g/mol. The summed E-state index contributed by atoms with van der Waals surface area (Å²) < 4.78 is 13.2. The zero-order valence-corrected chi connectivity index (χ0v) is 38.5. The molecule has 11 rings (SSSR count). The second-order valence-electron chi connectivity index (χ2n) is 16.7. The molecule has 1 atom stereocenters. The van der Waals surface area contributed by atoms with E-state index in [2.05, 4.69) is 223 Å². The van der Waals surface area contributed by atoms with E-state index in [1.165, 1.54) is 11.1 Å². The summed E-state index contributed by atoms with van der Waals surface area (Å²) in [5, 5.41) is 2.21. The third-order valence-electron chi connectivity index (χ3n) is 12.5. The van der Waals surface area contributed by atoms with Crippen LogP contribution in [0.2, 0.25) is 0 Å². The van der Waals surface area contributed by atoms with Gasteiger partial charge in [-0.1, -0.05) is 178 Å². The quantitative estimate of drug-likeness (QED) is 0.101. The van der Waals surface area contributed by atoms with Crippen molar-refractivity contribution in [2.45, 2.75) is 26.7 Å². The average Bonchev–Trinajstić information content (AvgIpc) is 3.90. The number of hydrogen-bond donors (Lipinski definition) is 0. The van der Waals surface area contributed by atoms with E-state index in [1.807, 2.05) is 30.5 Å². The monoisotopic (exact) mass is 1020 g/mol. The molecule has 0 saturated carbocycles. The van der Waals surface area contributed by atoms with Crippen LogP contribution in [0.25, 0.3) is 83.4 Å². The number of ether oxygens (including phenoxy) is 1. The number of fused-ring (bicyclic) bond motifs is 4. The topological polar surface area (TPSA) is 35.9 Å². The molecular weight excluding hydrogens is 976 g/mol. The van der Waals surface area contributed by atoms with E-state index in [1.54, 1.807) is 0 Å². The number of imidazole rings is 1. The first kappa shape index (κ1) is 41.7. The third kappa shape index (κ3) is 7.66. The largest absolute Gasteiger partial charge is 0.510 e. The van der Waals surface area contributed by atoms with Crippen LogP contribution in [0, 0.1) is 24.4 Å². The molecule has 0 saturated heterocycles. The van der Waals surface area contributed by atoms with Crippen LogP contribution < -0.4 is 9.30 Å². The Morgan fingerprint density at radius 1 is 0.538 bits per heavy atom. The Kier molecular flexibility index (Phi) is 11.3. The molecule has 0 radical (unpaired) electrons. The molecule has 1 unspecified atom stereocenters. The van der Waals surface area contributed by atoms with Crippen molar-refractivity contribution < 1.29 is 30.4 Å². The number of para-hydroxylation sites is 4. The predicted octanol–water partition coefficient (Wildman–Crippen LogP) is 14.4. The maximum absolute atomic E-state index is 6.68. The van der Waals surface area contributed by atoms with Gasteiger partial charge in [-0.25, -0.2) is 4.98 Å². The fourth-order valence-electron chi connectivity index (χ4n) is 8.98. The Morgan fingerprint density at radius 3 is 1.80 bits per heavy atom. The molecule has 0 spiro atoms. The summed E-state index contributed by atoms with van der Waals surface area (Å²) in [6.45, 7) is 6.87. The molecule has 65 heavy (non-hydrogen) atoms. The summed E-state index contributed by atoms with van der Waals surface area (Å²) in [5.74, 6) is 2.76. The Hall–Kier alpha value is -7.33. The van der Waals surface area contributed by atoms with Crippen LogP contribution >= 0.6 is 0 Å². The molecule has 0 amide bonds. The first-order valence-electron chi connectivity index (χ1n) is 21.9. The van der Waals surface area contributed by atoms with Crippen molar-refractivity contribution in [3.05, 3.63) is 224 Å². The number of pyridine rings is 1. The SMILES string of the molecule is CC(C)C(C)c1cc(-n2c3[c-]c(Oc4[c-]c(-n5[c-][n+](-c6c(-c7ccccc7)cccc6-c6ccccc6)c6ccccc65)ccc4)ccc3c3ccccc32)ncc1-c1ccccc1.[Pt]. The van der Waals surface area contributed by atoms with E-state index in [-0.39, 0.29) is 21.1 Å². The van der Waals surface area contributed by atoms with Crippen molar-refractivity contribution in [2.24, 2.45) is 5.92 Å². The van der Waals surface area contributed by atoms with Crippen LogP contribution in [0.5, 0.6) is 11.5 Å². The van der Waals surface area contributed by atoms with Gasteiger partial charge in [0.25, 0.3) is 6.33 Å². The molecule has 0 aliphatic carbocycles. The van der Waals surface area contributed by atoms with Crippen molar-refractivity contribution >= 4 is 32.8 Å². The number of benzene rings is 8. The maximum Gasteiger partial charge on any atom is 0.268 e. The number of nitrogens with zero attached hydrogens (tertiary/aromatic N) is 4. The summed E-state index contributed by atoms with van der Waals surface area (Å²) in [5.41, 5.74) is 13.9. The Morgan fingerprint density at radius 2 is 1.12 bits per heavy atom. The Balaban J connectivity index is 0.00000498. The molecule has 0 aliphatic rings. The molecule has 8 aromatic carbocycles. The van der Waals surface area contributed by atoms with Gasteiger partial charge in [0.1, 0.15) is 5.82 Å². The minimum atomic E-state index is 0. The normalized spacial score (nSPS) is 11.9. The first-order valence-corrected chi connectivity index (χ1v) is 21.9. The fraction of sp³-hybridized carbons (Fsp3) is 0.0847. The standard InChI is InChI=1S/C59H44N4O.Pt/c1-40(2)41(3)52-37-58(60-38-53(52)44-23-11-6-12-24-44)63-54-30-14-13-27-50(54)51-34-33-47(36-57(51)63)64-46-26-17-25-45(35-46)61-39-62(56-32-16-15-31-55(56)61)59-48(42-19-7-4-8-20-42)28-18-29-49(59)43-21-9-5-10-22-43;/h4-34,37-38,40-41H,1-3H3;/q-2;. The molecule has 0 bridgehead atoms. The minimum absolute atomic E-state index is 0. The zero-order chi connectivity index (χ0) is 43.1. The summed E-state index contributed by atoms with van der Waals surface area (Å²) >= 11 is 0. The Labute approximate surface area is 394 Å². The zero-order valence-electron chi connectivity index (χ0n) is 36.2. The summed E-state index contributed by atoms with van der Waals surface area (Å²) in [4.78, 5) is 5.14. The molecule has 5 nitrogen and oxygen atoms in total. The molecule has 11 aromatic rings. The van der Waals surface area contributed by atoms with Gasteiger partial charge >= 0.3 is 0 Å². The summed E-state index contributed by atoms with van der Waals surface area (Å²) in [6.07, 6.45) is 5.80. The van der Waals surface area contributed by atoms with Gasteiger partial charge in [0.15, 0.2) is 0 Å². The van der Waals surface area contributed by atoms with Crippen molar-refractivity contribution in [2.75, 3.05) is 0 Å². The van der Waals surface area contributed by atoms with Gasteiger partial charge in [-0.2, -0.15) is 18.2 Å². The molecule has 0 aliphatic heterocycles. The number of rotatable bonds is 10. The second kappa shape index (κ2) is 17.7. The van der Waals surface area contributed by atoms with E-state index >= 15 is 0 Å². The molecule has 3 aromatic heterocycles. The van der Waals surface area contributed by atoms with Gasteiger partial charge in [-0.3, -0.25) is 4.57 Å². The summed E-state index contributed by atoms with van der Waals surface area (Å²) in [7, 11) is 0. The van der Waals surface area contributed by atoms with E-state index in [0.717, 1.165) is 77.8 Å². The van der Waals surface area contributed by atoms with Gasteiger partial charge in [-0.05, 0) is 68.4 Å².